The molecule has 2 aliphatic heterocycles. The summed E-state index contributed by atoms with van der Waals surface area (Å²) < 4.78 is 19.5. The standard InChI is InChI=1S/C29H33N5O5/c1-25(2)24-19(35)13-20-28(38-24,39-25)10-9-26(3)27(4)15(11-17-16-7-5-6-8-18(16)30-23(17)27)12-21(29(20,26)36)37-14-22-31-33-34-32-22/h5-8,13,15,21,24,30,36H,9-12,14H2,1-4H3,(H,31,32,33,34)/t15-,21+,24+,26-,27-,28?,29+/m1/s1. The first-order valence-electron chi connectivity index (χ1n) is 13.8. The zero-order valence-corrected chi connectivity index (χ0v) is 22.6. The van der Waals surface area contributed by atoms with Gasteiger partial charge < -0.3 is 24.3 Å². The number of H-pyrrole nitrogens is 2. The second-order valence-electron chi connectivity index (χ2n) is 13.0. The molecule has 2 aromatic heterocycles. The minimum atomic E-state index is -1.56. The number of para-hydroxylation sites is 1. The van der Waals surface area contributed by atoms with E-state index in [9.17, 15) is 9.90 Å². The van der Waals surface area contributed by atoms with Gasteiger partial charge in [0.05, 0.1) is 6.10 Å². The Kier molecular flexibility index (Phi) is 4.43. The average molecular weight is 532 g/mol. The molecule has 10 heteroatoms. The summed E-state index contributed by atoms with van der Waals surface area (Å²) in [5.41, 5.74) is 0.591. The number of ether oxygens (including phenoxy) is 3. The van der Waals surface area contributed by atoms with Crippen LogP contribution < -0.4 is 0 Å². The molecule has 3 aromatic rings. The molecular formula is C29H33N5O5. The number of tetrazole rings is 1. The fourth-order valence-corrected chi connectivity index (χ4v) is 9.01. The Balaban J connectivity index is 1.32. The Bertz CT molecular complexity index is 1560. The maximum absolute atomic E-state index is 13.4. The van der Waals surface area contributed by atoms with Crippen molar-refractivity contribution in [3.05, 3.63) is 53.0 Å². The van der Waals surface area contributed by atoms with Crippen LogP contribution in [-0.4, -0.2) is 65.7 Å². The highest BCUT2D eigenvalue weighted by Gasteiger charge is 2.78. The number of hydrogen-bond acceptors (Lipinski definition) is 8. The molecule has 39 heavy (non-hydrogen) atoms. The fraction of sp³-hybridized carbons (Fsp3) is 0.586. The van der Waals surface area contributed by atoms with E-state index >= 15 is 0 Å². The molecule has 3 fully saturated rings. The number of carbonyl (C=O) groups excluding carboxylic acids is 1. The normalized spacial score (nSPS) is 41.6. The van der Waals surface area contributed by atoms with Crippen molar-refractivity contribution in [2.45, 2.75) is 94.6 Å². The second kappa shape index (κ2) is 7.23. The molecule has 1 saturated heterocycles. The molecule has 8 rings (SSSR count). The number of hydrogen-bond donors (Lipinski definition) is 3. The molecule has 4 heterocycles. The lowest BCUT2D eigenvalue weighted by molar-refractivity contribution is -0.282. The predicted octanol–water partition coefficient (Wildman–Crippen LogP) is 3.03. The van der Waals surface area contributed by atoms with Crippen molar-refractivity contribution in [2.24, 2.45) is 11.3 Å². The number of nitrogens with zero attached hydrogens (tertiary/aromatic N) is 3. The molecule has 7 atom stereocenters. The number of carbonyl (C=O) groups is 1. The summed E-state index contributed by atoms with van der Waals surface area (Å²) in [6.45, 7) is 8.30. The van der Waals surface area contributed by atoms with Gasteiger partial charge in [0.25, 0.3) is 0 Å². The van der Waals surface area contributed by atoms with Crippen LogP contribution in [0.1, 0.15) is 64.0 Å². The molecule has 1 aromatic carbocycles. The van der Waals surface area contributed by atoms with Crippen molar-refractivity contribution >= 4 is 16.7 Å². The topological polar surface area (TPSA) is 135 Å². The smallest absolute Gasteiger partial charge is 0.200 e. The maximum Gasteiger partial charge on any atom is 0.200 e. The molecule has 0 amide bonds. The van der Waals surface area contributed by atoms with Gasteiger partial charge in [-0.2, -0.15) is 5.21 Å². The molecule has 3 aliphatic carbocycles. The van der Waals surface area contributed by atoms with Crippen molar-refractivity contribution in [1.82, 2.24) is 25.6 Å². The number of nitrogens with one attached hydrogen (secondary N) is 2. The summed E-state index contributed by atoms with van der Waals surface area (Å²) in [5, 5.41) is 28.7. The van der Waals surface area contributed by atoms with Gasteiger partial charge in [-0.1, -0.05) is 37.3 Å². The molecule has 10 nitrogen and oxygen atoms in total. The van der Waals surface area contributed by atoms with E-state index in [2.05, 4.69) is 57.7 Å². The zero-order chi connectivity index (χ0) is 27.0. The van der Waals surface area contributed by atoms with Crippen LogP contribution >= 0.6 is 0 Å². The second-order valence-corrected chi connectivity index (χ2v) is 13.0. The van der Waals surface area contributed by atoms with Gasteiger partial charge in [0.2, 0.25) is 0 Å². The van der Waals surface area contributed by atoms with Gasteiger partial charge in [0.1, 0.15) is 17.8 Å². The number of ketones is 1. The van der Waals surface area contributed by atoms with Crippen LogP contribution in [0.25, 0.3) is 10.9 Å². The van der Waals surface area contributed by atoms with Crippen LogP contribution in [0, 0.1) is 11.3 Å². The summed E-state index contributed by atoms with van der Waals surface area (Å²) in [4.78, 5) is 17.2. The third-order valence-electron chi connectivity index (χ3n) is 11.0. The predicted molar refractivity (Wildman–Crippen MR) is 138 cm³/mol. The van der Waals surface area contributed by atoms with Gasteiger partial charge in [-0.15, -0.1) is 10.2 Å². The average Bonchev–Trinajstić information content (AvgIpc) is 3.65. The van der Waals surface area contributed by atoms with Crippen LogP contribution in [0.5, 0.6) is 0 Å². The lowest BCUT2D eigenvalue weighted by atomic mass is 9.41. The monoisotopic (exact) mass is 531 g/mol. The first kappa shape index (κ1) is 23.9. The highest BCUT2D eigenvalue weighted by Crippen LogP contribution is 2.72. The SMILES string of the molecule is CC1(C)OC23CC[C@]4(C)[C@@]5(C)c6[nH]c7ccccc7c6C[C@@H]5C[C@H](OCc5nn[nH]n5)[C@@]4(O)C2=CC(=O)[C@@H]1O3. The quantitative estimate of drug-likeness (QED) is 0.469. The number of rotatable bonds is 3. The van der Waals surface area contributed by atoms with E-state index < -0.39 is 40.0 Å². The zero-order valence-electron chi connectivity index (χ0n) is 22.6. The largest absolute Gasteiger partial charge is 0.382 e. The highest BCUT2D eigenvalue weighted by molar-refractivity contribution is 5.97. The number of aromatic amines is 2. The van der Waals surface area contributed by atoms with E-state index in [4.69, 9.17) is 14.2 Å². The third kappa shape index (κ3) is 2.66. The van der Waals surface area contributed by atoms with Gasteiger partial charge in [-0.3, -0.25) is 4.79 Å². The van der Waals surface area contributed by atoms with E-state index in [-0.39, 0.29) is 18.3 Å². The lowest BCUT2D eigenvalue weighted by Gasteiger charge is -2.67. The van der Waals surface area contributed by atoms with Crippen LogP contribution in [-0.2, 0) is 37.4 Å². The van der Waals surface area contributed by atoms with Crippen LogP contribution in [0.4, 0.5) is 0 Å². The summed E-state index contributed by atoms with van der Waals surface area (Å²) >= 11 is 0. The maximum atomic E-state index is 13.4. The number of aliphatic hydroxyl groups is 1. The Morgan fingerprint density at radius 1 is 1.18 bits per heavy atom. The Morgan fingerprint density at radius 3 is 2.79 bits per heavy atom. The van der Waals surface area contributed by atoms with Crippen molar-refractivity contribution in [3.8, 4) is 0 Å². The van der Waals surface area contributed by atoms with Gasteiger partial charge in [-0.25, -0.2) is 0 Å². The number of aromatic nitrogens is 5. The fourth-order valence-electron chi connectivity index (χ4n) is 9.01. The molecule has 2 saturated carbocycles. The molecular weight excluding hydrogens is 498 g/mol. The molecule has 5 aliphatic rings. The summed E-state index contributed by atoms with van der Waals surface area (Å²) in [5.74, 6) is -0.727. The van der Waals surface area contributed by atoms with Gasteiger partial charge in [-0.05, 0) is 56.7 Å². The Hall–Kier alpha value is -2.92. The van der Waals surface area contributed by atoms with E-state index in [0.717, 1.165) is 11.9 Å². The number of fused-ring (bicyclic) bond motifs is 9. The Labute approximate surface area is 225 Å². The minimum absolute atomic E-state index is 0.0846. The van der Waals surface area contributed by atoms with Gasteiger partial charge >= 0.3 is 0 Å². The first-order chi connectivity index (χ1) is 18.5. The Morgan fingerprint density at radius 2 is 2.00 bits per heavy atom. The van der Waals surface area contributed by atoms with E-state index in [1.54, 1.807) is 6.08 Å². The first-order valence-corrected chi connectivity index (χ1v) is 13.8. The van der Waals surface area contributed by atoms with Crippen LogP contribution in [0.3, 0.4) is 0 Å². The number of benzene rings is 1. The molecule has 2 bridgehead atoms. The van der Waals surface area contributed by atoms with Crippen LogP contribution in [0.2, 0.25) is 0 Å². The summed E-state index contributed by atoms with van der Waals surface area (Å²) in [7, 11) is 0. The molecule has 1 unspecified atom stereocenters. The van der Waals surface area contributed by atoms with Crippen LogP contribution in [0.15, 0.2) is 35.9 Å². The molecule has 0 radical (unpaired) electrons. The summed E-state index contributed by atoms with van der Waals surface area (Å²) in [6.07, 6.45) is 2.91. The molecule has 204 valence electrons. The van der Waals surface area contributed by atoms with E-state index in [1.165, 1.54) is 16.6 Å². The lowest BCUT2D eigenvalue weighted by Crippen LogP contribution is -2.74. The van der Waals surface area contributed by atoms with Gasteiger partial charge in [0.15, 0.2) is 23.5 Å². The van der Waals surface area contributed by atoms with Gasteiger partial charge in [0, 0.05) is 39.4 Å². The van der Waals surface area contributed by atoms with Crippen molar-refractivity contribution in [1.29, 1.82) is 0 Å². The van der Waals surface area contributed by atoms with E-state index in [1.807, 2.05) is 19.9 Å². The molecule has 1 spiro atoms. The van der Waals surface area contributed by atoms with Crippen molar-refractivity contribution < 1.29 is 24.1 Å². The van der Waals surface area contributed by atoms with Crippen molar-refractivity contribution in [2.75, 3.05) is 0 Å². The van der Waals surface area contributed by atoms with E-state index in [0.29, 0.717) is 30.7 Å². The molecule has 3 N–H and O–H groups in total. The highest BCUT2D eigenvalue weighted by atomic mass is 16.8. The third-order valence-corrected chi connectivity index (χ3v) is 11.0. The summed E-state index contributed by atoms with van der Waals surface area (Å²) in [6, 6.07) is 8.40. The van der Waals surface area contributed by atoms with Crippen molar-refractivity contribution in [3.63, 3.8) is 0 Å². The minimum Gasteiger partial charge on any atom is -0.382 e.